The molecule has 5 heteroatoms. The van der Waals surface area contributed by atoms with E-state index in [1.165, 1.54) is 12.1 Å². The topological polar surface area (TPSA) is 38.5 Å². The third-order valence-corrected chi connectivity index (χ3v) is 3.30. The number of nitrogens with zero attached hydrogens (tertiary/aromatic N) is 1. The van der Waals surface area contributed by atoms with Gasteiger partial charge in [0, 0.05) is 19.2 Å². The van der Waals surface area contributed by atoms with Gasteiger partial charge in [0.15, 0.2) is 0 Å². The lowest BCUT2D eigenvalue weighted by molar-refractivity contribution is 0.114. The summed E-state index contributed by atoms with van der Waals surface area (Å²) in [4.78, 5) is 2.24. The van der Waals surface area contributed by atoms with Crippen LogP contribution in [0.3, 0.4) is 0 Å². The van der Waals surface area contributed by atoms with Gasteiger partial charge in [-0.25, -0.2) is 4.39 Å². The molecule has 0 radical (unpaired) electrons. The van der Waals surface area contributed by atoms with E-state index in [2.05, 4.69) is 11.9 Å². The molecule has 1 aliphatic rings. The van der Waals surface area contributed by atoms with Crippen molar-refractivity contribution >= 4 is 17.3 Å². The Hall–Kier alpha value is -1.00. The first kappa shape index (κ1) is 12.5. The van der Waals surface area contributed by atoms with Crippen LogP contribution in [0.5, 0.6) is 5.75 Å². The van der Waals surface area contributed by atoms with Crippen LogP contribution in [0.25, 0.3) is 0 Å². The number of likely N-dealkylation sites (tertiary alicyclic amines) is 1. The number of nitrogens with two attached hydrogens (primary N) is 1. The van der Waals surface area contributed by atoms with Gasteiger partial charge in [0.2, 0.25) is 0 Å². The number of hydrogen-bond donors (Lipinski definition) is 1. The fraction of sp³-hybridized carbons (Fsp3) is 0.500. The first-order valence-corrected chi connectivity index (χ1v) is 6.04. The highest BCUT2D eigenvalue weighted by Crippen LogP contribution is 2.30. The normalized spacial score (nSPS) is 18.3. The second-order valence-corrected chi connectivity index (χ2v) is 4.83. The molecule has 0 unspecified atom stereocenters. The Balaban J connectivity index is 2.06. The minimum Gasteiger partial charge on any atom is -0.488 e. The number of rotatable bonds is 2. The monoisotopic (exact) mass is 258 g/mol. The molecular formula is C12H16ClFN2O. The van der Waals surface area contributed by atoms with Gasteiger partial charge in [-0.2, -0.15) is 0 Å². The standard InChI is InChI=1S/C12H16ClFN2O/c1-16-4-2-8(3-5-16)17-12-7-10(14)9(13)6-11(12)15/h6-8H,2-5,15H2,1H3. The van der Waals surface area contributed by atoms with Crippen molar-refractivity contribution in [3.8, 4) is 5.75 Å². The van der Waals surface area contributed by atoms with Gasteiger partial charge in [-0.15, -0.1) is 0 Å². The number of anilines is 1. The van der Waals surface area contributed by atoms with E-state index >= 15 is 0 Å². The van der Waals surface area contributed by atoms with Gasteiger partial charge >= 0.3 is 0 Å². The number of halogens is 2. The zero-order valence-electron chi connectivity index (χ0n) is 9.75. The van der Waals surface area contributed by atoms with Gasteiger partial charge in [0.1, 0.15) is 17.7 Å². The van der Waals surface area contributed by atoms with Crippen LogP contribution in [0.2, 0.25) is 5.02 Å². The molecule has 0 saturated carbocycles. The van der Waals surface area contributed by atoms with Crippen molar-refractivity contribution in [1.29, 1.82) is 0 Å². The molecule has 1 aliphatic heterocycles. The maximum Gasteiger partial charge on any atom is 0.145 e. The predicted molar refractivity (Wildman–Crippen MR) is 67.0 cm³/mol. The number of benzene rings is 1. The van der Waals surface area contributed by atoms with Crippen LogP contribution in [-0.4, -0.2) is 31.1 Å². The van der Waals surface area contributed by atoms with E-state index in [1.54, 1.807) is 0 Å². The van der Waals surface area contributed by atoms with Crippen molar-refractivity contribution in [1.82, 2.24) is 4.90 Å². The molecule has 0 amide bonds. The van der Waals surface area contributed by atoms with E-state index in [-0.39, 0.29) is 11.1 Å². The molecule has 1 saturated heterocycles. The molecule has 1 heterocycles. The Morgan fingerprint density at radius 3 is 2.71 bits per heavy atom. The molecule has 1 aromatic rings. The first-order valence-electron chi connectivity index (χ1n) is 5.66. The van der Waals surface area contributed by atoms with Gasteiger partial charge in [0.05, 0.1) is 10.7 Å². The van der Waals surface area contributed by atoms with Gasteiger partial charge < -0.3 is 15.4 Å². The molecule has 0 aromatic heterocycles. The number of hydrogen-bond acceptors (Lipinski definition) is 3. The van der Waals surface area contributed by atoms with E-state index < -0.39 is 5.82 Å². The van der Waals surface area contributed by atoms with Crippen LogP contribution in [-0.2, 0) is 0 Å². The molecule has 1 aromatic carbocycles. The predicted octanol–water partition coefficient (Wildman–Crippen LogP) is 2.53. The Kier molecular flexibility index (Phi) is 3.74. The van der Waals surface area contributed by atoms with Crippen molar-refractivity contribution in [2.45, 2.75) is 18.9 Å². The highest BCUT2D eigenvalue weighted by molar-refractivity contribution is 6.31. The number of piperidine rings is 1. The highest BCUT2D eigenvalue weighted by Gasteiger charge is 2.19. The summed E-state index contributed by atoms with van der Waals surface area (Å²) < 4.78 is 19.0. The summed E-state index contributed by atoms with van der Waals surface area (Å²) >= 11 is 5.63. The summed E-state index contributed by atoms with van der Waals surface area (Å²) in [5.74, 6) is -0.106. The molecule has 0 spiro atoms. The first-order chi connectivity index (χ1) is 8.06. The lowest BCUT2D eigenvalue weighted by Gasteiger charge is -2.29. The van der Waals surface area contributed by atoms with Crippen molar-refractivity contribution in [3.63, 3.8) is 0 Å². The Morgan fingerprint density at radius 2 is 2.06 bits per heavy atom. The lowest BCUT2D eigenvalue weighted by Crippen LogP contribution is -2.35. The smallest absolute Gasteiger partial charge is 0.145 e. The average Bonchev–Trinajstić information content (AvgIpc) is 2.29. The molecule has 0 atom stereocenters. The largest absolute Gasteiger partial charge is 0.488 e. The van der Waals surface area contributed by atoms with E-state index in [0.717, 1.165) is 25.9 Å². The maximum atomic E-state index is 13.3. The summed E-state index contributed by atoms with van der Waals surface area (Å²) in [6.07, 6.45) is 1.97. The van der Waals surface area contributed by atoms with Crippen LogP contribution >= 0.6 is 11.6 Å². The average molecular weight is 259 g/mol. The summed E-state index contributed by atoms with van der Waals surface area (Å²) in [6, 6.07) is 2.65. The lowest BCUT2D eigenvalue weighted by atomic mass is 10.1. The van der Waals surface area contributed by atoms with Crippen LogP contribution in [0.4, 0.5) is 10.1 Å². The molecule has 3 nitrogen and oxygen atoms in total. The zero-order chi connectivity index (χ0) is 12.4. The number of ether oxygens (including phenoxy) is 1. The zero-order valence-corrected chi connectivity index (χ0v) is 10.5. The Labute approximate surface area is 105 Å². The summed E-state index contributed by atoms with van der Waals surface area (Å²) in [5, 5.41) is 0.0261. The van der Waals surface area contributed by atoms with E-state index in [9.17, 15) is 4.39 Å². The van der Waals surface area contributed by atoms with Crippen molar-refractivity contribution in [2.75, 3.05) is 25.9 Å². The van der Waals surface area contributed by atoms with Gasteiger partial charge in [-0.1, -0.05) is 11.6 Å². The molecule has 17 heavy (non-hydrogen) atoms. The molecule has 1 fully saturated rings. The van der Waals surface area contributed by atoms with Crippen molar-refractivity contribution in [3.05, 3.63) is 23.0 Å². The van der Waals surface area contributed by atoms with Crippen LogP contribution in [0.1, 0.15) is 12.8 Å². The van der Waals surface area contributed by atoms with Gasteiger partial charge in [-0.3, -0.25) is 0 Å². The van der Waals surface area contributed by atoms with E-state index in [1.807, 2.05) is 0 Å². The Morgan fingerprint density at radius 1 is 1.41 bits per heavy atom. The fourth-order valence-corrected chi connectivity index (χ4v) is 2.10. The highest BCUT2D eigenvalue weighted by atomic mass is 35.5. The minimum absolute atomic E-state index is 0.0261. The van der Waals surface area contributed by atoms with Gasteiger partial charge in [0.25, 0.3) is 0 Å². The SMILES string of the molecule is CN1CCC(Oc2cc(F)c(Cl)cc2N)CC1. The van der Waals surface area contributed by atoms with E-state index in [0.29, 0.717) is 11.4 Å². The molecule has 2 N–H and O–H groups in total. The van der Waals surface area contributed by atoms with Gasteiger partial charge in [-0.05, 0) is 26.0 Å². The fourth-order valence-electron chi connectivity index (χ4n) is 1.93. The molecular weight excluding hydrogens is 243 g/mol. The molecule has 0 bridgehead atoms. The quantitative estimate of drug-likeness (QED) is 0.829. The summed E-state index contributed by atoms with van der Waals surface area (Å²) in [6.45, 7) is 1.97. The maximum absolute atomic E-state index is 13.3. The van der Waals surface area contributed by atoms with Crippen LogP contribution < -0.4 is 10.5 Å². The second kappa shape index (κ2) is 5.10. The third-order valence-electron chi connectivity index (χ3n) is 3.01. The molecule has 2 rings (SSSR count). The second-order valence-electron chi connectivity index (χ2n) is 4.42. The minimum atomic E-state index is -0.496. The molecule has 94 valence electrons. The summed E-state index contributed by atoms with van der Waals surface area (Å²) in [5.41, 5.74) is 6.13. The Bertz CT molecular complexity index is 406. The summed E-state index contributed by atoms with van der Waals surface area (Å²) in [7, 11) is 2.08. The van der Waals surface area contributed by atoms with E-state index in [4.69, 9.17) is 22.1 Å². The molecule has 0 aliphatic carbocycles. The van der Waals surface area contributed by atoms with Crippen molar-refractivity contribution < 1.29 is 9.13 Å². The van der Waals surface area contributed by atoms with Crippen molar-refractivity contribution in [2.24, 2.45) is 0 Å². The number of nitrogen functional groups attached to an aromatic ring is 1. The van der Waals surface area contributed by atoms with Crippen LogP contribution in [0.15, 0.2) is 12.1 Å². The third kappa shape index (κ3) is 3.01. The van der Waals surface area contributed by atoms with Crippen LogP contribution in [0, 0.1) is 5.82 Å².